The van der Waals surface area contributed by atoms with Crippen LogP contribution in [0.3, 0.4) is 0 Å². The molecule has 0 spiro atoms. The van der Waals surface area contributed by atoms with Crippen LogP contribution in [-0.4, -0.2) is 42.9 Å². The molecule has 0 bridgehead atoms. The quantitative estimate of drug-likeness (QED) is 0.645. The summed E-state index contributed by atoms with van der Waals surface area (Å²) < 4.78 is 0. The Balaban J connectivity index is 1.94. The van der Waals surface area contributed by atoms with Crippen LogP contribution in [0.15, 0.2) is 29.3 Å². The van der Waals surface area contributed by atoms with Gasteiger partial charge >= 0.3 is 0 Å². The Labute approximate surface area is 126 Å². The van der Waals surface area contributed by atoms with Gasteiger partial charge in [0.2, 0.25) is 5.91 Å². The molecular formula is C16H24N4O. The highest BCUT2D eigenvalue weighted by atomic mass is 16.2. The van der Waals surface area contributed by atoms with Gasteiger partial charge in [-0.1, -0.05) is 24.3 Å². The van der Waals surface area contributed by atoms with Crippen LogP contribution in [0.1, 0.15) is 25.0 Å². The number of amides is 1. The van der Waals surface area contributed by atoms with E-state index in [-0.39, 0.29) is 12.5 Å². The molecule has 1 aromatic carbocycles. The molecule has 1 heterocycles. The summed E-state index contributed by atoms with van der Waals surface area (Å²) in [4.78, 5) is 18.5. The summed E-state index contributed by atoms with van der Waals surface area (Å²) in [6.07, 6.45) is 0.929. The van der Waals surface area contributed by atoms with Crippen LogP contribution in [0.25, 0.3) is 0 Å². The van der Waals surface area contributed by atoms with E-state index < -0.39 is 0 Å². The van der Waals surface area contributed by atoms with Gasteiger partial charge in [0.05, 0.1) is 0 Å². The second-order valence-corrected chi connectivity index (χ2v) is 5.06. The minimum absolute atomic E-state index is 0.0813. The number of nitrogens with one attached hydrogen (secondary N) is 2. The van der Waals surface area contributed by atoms with Crippen LogP contribution < -0.4 is 10.6 Å². The number of rotatable bonds is 4. The summed E-state index contributed by atoms with van der Waals surface area (Å²) in [5.74, 6) is 0.781. The van der Waals surface area contributed by atoms with Gasteiger partial charge in [-0.05, 0) is 31.4 Å². The average molecular weight is 288 g/mol. The molecule has 0 fully saturated rings. The summed E-state index contributed by atoms with van der Waals surface area (Å²) in [5.41, 5.74) is 2.60. The summed E-state index contributed by atoms with van der Waals surface area (Å²) >= 11 is 0. The van der Waals surface area contributed by atoms with Gasteiger partial charge < -0.3 is 15.5 Å². The van der Waals surface area contributed by atoms with Crippen LogP contribution in [0.5, 0.6) is 0 Å². The molecule has 2 rings (SSSR count). The molecule has 1 aromatic rings. The Morgan fingerprint density at radius 1 is 1.19 bits per heavy atom. The normalized spacial score (nSPS) is 13.3. The third-order valence-corrected chi connectivity index (χ3v) is 3.54. The van der Waals surface area contributed by atoms with Crippen molar-refractivity contribution >= 4 is 11.9 Å². The largest absolute Gasteiger partial charge is 0.357 e. The zero-order valence-electron chi connectivity index (χ0n) is 12.9. The predicted molar refractivity (Wildman–Crippen MR) is 85.2 cm³/mol. The lowest BCUT2D eigenvalue weighted by Gasteiger charge is -2.28. The van der Waals surface area contributed by atoms with Gasteiger partial charge in [-0.2, -0.15) is 0 Å². The molecule has 0 radical (unpaired) electrons. The van der Waals surface area contributed by atoms with Crippen molar-refractivity contribution in [2.24, 2.45) is 4.99 Å². The first-order valence-corrected chi connectivity index (χ1v) is 7.61. The molecule has 5 nitrogen and oxygen atoms in total. The lowest BCUT2D eigenvalue weighted by molar-refractivity contribution is -0.130. The molecule has 0 unspecified atom stereocenters. The van der Waals surface area contributed by atoms with Crippen molar-refractivity contribution < 1.29 is 4.79 Å². The van der Waals surface area contributed by atoms with E-state index in [0.717, 1.165) is 26.1 Å². The van der Waals surface area contributed by atoms with Crippen LogP contribution in [0.4, 0.5) is 0 Å². The number of aliphatic imine (C=N–C) groups is 1. The van der Waals surface area contributed by atoms with Crippen molar-refractivity contribution in [2.45, 2.75) is 26.8 Å². The lowest BCUT2D eigenvalue weighted by atomic mass is 10.00. The third-order valence-electron chi connectivity index (χ3n) is 3.54. The second kappa shape index (κ2) is 7.67. The summed E-state index contributed by atoms with van der Waals surface area (Å²) in [6, 6.07) is 8.32. The first-order chi connectivity index (χ1) is 10.2. The molecule has 1 aliphatic rings. The Morgan fingerprint density at radius 2 is 1.86 bits per heavy atom. The average Bonchev–Trinajstić information content (AvgIpc) is 2.52. The van der Waals surface area contributed by atoms with Crippen molar-refractivity contribution in [3.8, 4) is 0 Å². The van der Waals surface area contributed by atoms with E-state index in [1.54, 1.807) is 0 Å². The fraction of sp³-hybridized carbons (Fsp3) is 0.500. The molecule has 1 aliphatic heterocycles. The van der Waals surface area contributed by atoms with Gasteiger partial charge in [0.15, 0.2) is 5.96 Å². The van der Waals surface area contributed by atoms with Gasteiger partial charge in [0.25, 0.3) is 0 Å². The predicted octanol–water partition coefficient (Wildman–Crippen LogP) is 1.15. The van der Waals surface area contributed by atoms with E-state index in [4.69, 9.17) is 0 Å². The van der Waals surface area contributed by atoms with Gasteiger partial charge in [-0.25, -0.2) is 4.99 Å². The Kier molecular flexibility index (Phi) is 5.60. The molecule has 0 saturated carbocycles. The number of hydrogen-bond acceptors (Lipinski definition) is 2. The van der Waals surface area contributed by atoms with Gasteiger partial charge in [-0.15, -0.1) is 0 Å². The molecule has 0 saturated heterocycles. The molecule has 1 amide bonds. The van der Waals surface area contributed by atoms with Gasteiger partial charge in [0.1, 0.15) is 6.54 Å². The molecule has 0 aliphatic carbocycles. The summed E-state index contributed by atoms with van der Waals surface area (Å²) in [6.45, 7) is 7.27. The lowest BCUT2D eigenvalue weighted by Crippen LogP contribution is -2.40. The number of guanidine groups is 1. The van der Waals surface area contributed by atoms with E-state index in [1.165, 1.54) is 11.1 Å². The van der Waals surface area contributed by atoms with Gasteiger partial charge in [0, 0.05) is 26.2 Å². The van der Waals surface area contributed by atoms with E-state index >= 15 is 0 Å². The highest BCUT2D eigenvalue weighted by Crippen LogP contribution is 2.18. The number of carbonyl (C=O) groups excluding carboxylic acids is 1. The number of nitrogens with zero attached hydrogens (tertiary/aromatic N) is 2. The first kappa shape index (κ1) is 15.4. The number of fused-ring (bicyclic) bond motifs is 1. The molecular weight excluding hydrogens is 264 g/mol. The topological polar surface area (TPSA) is 56.7 Å². The maximum atomic E-state index is 12.3. The minimum atomic E-state index is 0.0813. The summed E-state index contributed by atoms with van der Waals surface area (Å²) in [7, 11) is 0. The molecule has 0 aromatic heterocycles. The standard InChI is InChI=1S/C16H24N4O/c1-3-17-16(18-4-2)19-11-15(21)20-10-9-13-7-5-6-8-14(13)12-20/h5-8H,3-4,9-12H2,1-2H3,(H2,17,18,19). The molecule has 2 N–H and O–H groups in total. The maximum Gasteiger partial charge on any atom is 0.244 e. The SMILES string of the molecule is CCNC(=NCC(=O)N1CCc2ccccc2C1)NCC. The van der Waals surface area contributed by atoms with Gasteiger partial charge in [-0.3, -0.25) is 4.79 Å². The molecule has 21 heavy (non-hydrogen) atoms. The smallest absolute Gasteiger partial charge is 0.244 e. The minimum Gasteiger partial charge on any atom is -0.357 e. The van der Waals surface area contributed by atoms with Crippen LogP contribution >= 0.6 is 0 Å². The maximum absolute atomic E-state index is 12.3. The van der Waals surface area contributed by atoms with Crippen molar-refractivity contribution in [3.05, 3.63) is 35.4 Å². The third kappa shape index (κ3) is 4.21. The van der Waals surface area contributed by atoms with E-state index in [9.17, 15) is 4.79 Å². The zero-order valence-corrected chi connectivity index (χ0v) is 12.9. The number of benzene rings is 1. The number of carbonyl (C=O) groups is 1. The van der Waals surface area contributed by atoms with E-state index in [2.05, 4.69) is 33.8 Å². The first-order valence-electron chi connectivity index (χ1n) is 7.61. The summed E-state index contributed by atoms with van der Waals surface area (Å²) in [5, 5.41) is 6.25. The van der Waals surface area contributed by atoms with Crippen molar-refractivity contribution in [1.29, 1.82) is 0 Å². The molecule has 0 atom stereocenters. The fourth-order valence-electron chi connectivity index (χ4n) is 2.46. The van der Waals surface area contributed by atoms with Crippen LogP contribution in [0.2, 0.25) is 0 Å². The number of hydrogen-bond donors (Lipinski definition) is 2. The van der Waals surface area contributed by atoms with Crippen molar-refractivity contribution in [3.63, 3.8) is 0 Å². The van der Waals surface area contributed by atoms with Crippen molar-refractivity contribution in [2.75, 3.05) is 26.2 Å². The molecule has 5 heteroatoms. The fourth-order valence-corrected chi connectivity index (χ4v) is 2.46. The van der Waals surface area contributed by atoms with Crippen molar-refractivity contribution in [1.82, 2.24) is 15.5 Å². The Bertz CT molecular complexity index is 505. The Morgan fingerprint density at radius 3 is 2.52 bits per heavy atom. The van der Waals surface area contributed by atoms with E-state index in [1.807, 2.05) is 24.8 Å². The second-order valence-electron chi connectivity index (χ2n) is 5.06. The molecule has 114 valence electrons. The highest BCUT2D eigenvalue weighted by molar-refractivity contribution is 5.85. The highest BCUT2D eigenvalue weighted by Gasteiger charge is 2.19. The van der Waals surface area contributed by atoms with E-state index in [0.29, 0.717) is 12.5 Å². The Hall–Kier alpha value is -2.04. The zero-order chi connectivity index (χ0) is 15.1. The van der Waals surface area contributed by atoms with Crippen LogP contribution in [-0.2, 0) is 17.8 Å². The van der Waals surface area contributed by atoms with Crippen LogP contribution in [0, 0.1) is 0 Å². The monoisotopic (exact) mass is 288 g/mol.